The molecule has 7 nitrogen and oxygen atoms in total. The number of aliphatic imine (C=N–C) groups is 1. The maximum Gasteiger partial charge on any atom is 0.417 e. The fourth-order valence-electron chi connectivity index (χ4n) is 3.08. The van der Waals surface area contributed by atoms with E-state index in [1.54, 1.807) is 30.3 Å². The number of halogens is 4. The first-order valence-electron chi connectivity index (χ1n) is 9.95. The molecule has 1 saturated heterocycles. The molecule has 34 heavy (non-hydrogen) atoms. The van der Waals surface area contributed by atoms with E-state index in [0.29, 0.717) is 27.9 Å². The molecule has 1 fully saturated rings. The van der Waals surface area contributed by atoms with Crippen molar-refractivity contribution in [2.75, 3.05) is 30.0 Å². The second-order valence-electron chi connectivity index (χ2n) is 7.17. The van der Waals surface area contributed by atoms with E-state index in [-0.39, 0.29) is 22.3 Å². The van der Waals surface area contributed by atoms with Gasteiger partial charge in [-0.25, -0.2) is 4.98 Å². The molecule has 1 aromatic carbocycles. The minimum Gasteiger partial charge on any atom is -0.349 e. The maximum atomic E-state index is 12.7. The van der Waals surface area contributed by atoms with Gasteiger partial charge in [-0.1, -0.05) is 23.7 Å². The van der Waals surface area contributed by atoms with Crippen molar-refractivity contribution in [1.29, 1.82) is 0 Å². The highest BCUT2D eigenvalue weighted by Gasteiger charge is 2.31. The molecular weight excluding hydrogens is 511 g/mol. The summed E-state index contributed by atoms with van der Waals surface area (Å²) in [4.78, 5) is 35.2. The molecular formula is C21H17ClF3N5O2S2. The molecule has 0 aliphatic carbocycles. The smallest absolute Gasteiger partial charge is 0.349 e. The first-order chi connectivity index (χ1) is 16.2. The highest BCUT2D eigenvalue weighted by atomic mass is 35.5. The molecule has 0 radical (unpaired) electrons. The minimum atomic E-state index is -4.58. The number of nitrogens with zero attached hydrogens (tertiary/aromatic N) is 3. The number of hydrazine groups is 1. The van der Waals surface area contributed by atoms with Crippen LogP contribution in [0.25, 0.3) is 6.08 Å². The summed E-state index contributed by atoms with van der Waals surface area (Å²) in [5.74, 6) is 0.968. The average molecular weight is 528 g/mol. The molecule has 3 heterocycles. The molecule has 0 saturated carbocycles. The predicted molar refractivity (Wildman–Crippen MR) is 129 cm³/mol. The first-order valence-corrected chi connectivity index (χ1v) is 12.3. The van der Waals surface area contributed by atoms with Crippen LogP contribution in [0.3, 0.4) is 0 Å². The Morgan fingerprint density at radius 3 is 2.68 bits per heavy atom. The molecule has 2 aliphatic rings. The van der Waals surface area contributed by atoms with Crippen LogP contribution in [-0.2, 0) is 11.0 Å². The van der Waals surface area contributed by atoms with Gasteiger partial charge >= 0.3 is 6.18 Å². The number of hydrogen-bond donors (Lipinski definition) is 2. The Balaban J connectivity index is 1.41. The van der Waals surface area contributed by atoms with Crippen LogP contribution in [0.4, 0.5) is 19.0 Å². The number of amides is 2. The molecule has 0 spiro atoms. The van der Waals surface area contributed by atoms with Crippen LogP contribution in [0, 0.1) is 0 Å². The molecule has 2 N–H and O–H groups in total. The number of benzene rings is 1. The molecule has 0 unspecified atom stereocenters. The number of amidine groups is 1. The second kappa shape index (κ2) is 10.3. The number of hydrogen-bond acceptors (Lipinski definition) is 7. The van der Waals surface area contributed by atoms with Gasteiger partial charge in [-0.3, -0.25) is 20.4 Å². The topological polar surface area (TPSA) is 86.7 Å². The fraction of sp³-hybridized carbons (Fsp3) is 0.238. The van der Waals surface area contributed by atoms with E-state index in [2.05, 4.69) is 25.7 Å². The van der Waals surface area contributed by atoms with E-state index >= 15 is 0 Å². The van der Waals surface area contributed by atoms with Crippen molar-refractivity contribution >= 4 is 64.0 Å². The summed E-state index contributed by atoms with van der Waals surface area (Å²) in [5.41, 5.74) is 4.66. The SMILES string of the molecule is O=C1N=C(N2CCSCC2)SC1=Cc1cccc(C(=O)NNc2ncc(C(F)(F)F)cc2Cl)c1. The Hall–Kier alpha value is -2.70. The van der Waals surface area contributed by atoms with Crippen molar-refractivity contribution in [2.24, 2.45) is 4.99 Å². The van der Waals surface area contributed by atoms with Gasteiger partial charge in [0.25, 0.3) is 11.8 Å². The van der Waals surface area contributed by atoms with Gasteiger partial charge in [0.15, 0.2) is 11.0 Å². The zero-order chi connectivity index (χ0) is 24.3. The minimum absolute atomic E-state index is 0.130. The maximum absolute atomic E-state index is 12.7. The lowest BCUT2D eigenvalue weighted by Crippen LogP contribution is -2.35. The number of carbonyl (C=O) groups is 2. The fourth-order valence-corrected chi connectivity index (χ4v) is 5.16. The number of carbonyl (C=O) groups excluding carboxylic acids is 2. The normalized spacial score (nSPS) is 17.6. The van der Waals surface area contributed by atoms with E-state index in [1.165, 1.54) is 11.8 Å². The largest absolute Gasteiger partial charge is 0.417 e. The summed E-state index contributed by atoms with van der Waals surface area (Å²) < 4.78 is 38.2. The third-order valence-corrected chi connectivity index (χ3v) is 7.08. The van der Waals surface area contributed by atoms with Crippen molar-refractivity contribution in [3.63, 3.8) is 0 Å². The summed E-state index contributed by atoms with van der Waals surface area (Å²) in [5, 5.41) is 0.393. The monoisotopic (exact) mass is 527 g/mol. The van der Waals surface area contributed by atoms with Crippen molar-refractivity contribution in [3.05, 3.63) is 63.1 Å². The number of alkyl halides is 3. The molecule has 2 aliphatic heterocycles. The highest BCUT2D eigenvalue weighted by molar-refractivity contribution is 8.18. The van der Waals surface area contributed by atoms with Crippen LogP contribution in [0.15, 0.2) is 46.4 Å². The van der Waals surface area contributed by atoms with E-state index in [9.17, 15) is 22.8 Å². The Bertz CT molecular complexity index is 1180. The second-order valence-corrected chi connectivity index (χ2v) is 9.81. The molecule has 13 heteroatoms. The zero-order valence-electron chi connectivity index (χ0n) is 17.4. The zero-order valence-corrected chi connectivity index (χ0v) is 19.7. The molecule has 178 valence electrons. The lowest BCUT2D eigenvalue weighted by molar-refractivity contribution is -0.137. The summed E-state index contributed by atoms with van der Waals surface area (Å²) in [7, 11) is 0. The van der Waals surface area contributed by atoms with Gasteiger partial charge in [-0.2, -0.15) is 29.9 Å². The van der Waals surface area contributed by atoms with Crippen molar-refractivity contribution in [1.82, 2.24) is 15.3 Å². The van der Waals surface area contributed by atoms with Gasteiger partial charge in [0.1, 0.15) is 0 Å². The third-order valence-electron chi connectivity index (χ3n) is 4.80. The lowest BCUT2D eigenvalue weighted by atomic mass is 10.1. The van der Waals surface area contributed by atoms with Gasteiger partial charge in [0.2, 0.25) is 0 Å². The molecule has 2 aromatic rings. The molecule has 0 atom stereocenters. The average Bonchev–Trinajstić information content (AvgIpc) is 3.18. The van der Waals surface area contributed by atoms with Crippen molar-refractivity contribution in [2.45, 2.75) is 6.18 Å². The highest BCUT2D eigenvalue weighted by Crippen LogP contribution is 2.33. The molecule has 1 aromatic heterocycles. The van der Waals surface area contributed by atoms with Gasteiger partial charge in [-0.15, -0.1) is 0 Å². The number of nitrogens with one attached hydrogen (secondary N) is 2. The molecule has 0 bridgehead atoms. The molecule has 4 rings (SSSR count). The Morgan fingerprint density at radius 1 is 1.21 bits per heavy atom. The quantitative estimate of drug-likeness (QED) is 0.446. The van der Waals surface area contributed by atoms with Crippen LogP contribution in [0.2, 0.25) is 5.02 Å². The van der Waals surface area contributed by atoms with Crippen LogP contribution >= 0.6 is 35.1 Å². The third kappa shape index (κ3) is 5.86. The lowest BCUT2D eigenvalue weighted by Gasteiger charge is -2.26. The van der Waals surface area contributed by atoms with E-state index in [1.807, 2.05) is 11.8 Å². The predicted octanol–water partition coefficient (Wildman–Crippen LogP) is 4.53. The van der Waals surface area contributed by atoms with Crippen molar-refractivity contribution < 1.29 is 22.8 Å². The summed E-state index contributed by atoms with van der Waals surface area (Å²) >= 11 is 9.01. The Morgan fingerprint density at radius 2 is 1.97 bits per heavy atom. The van der Waals surface area contributed by atoms with E-state index in [0.717, 1.165) is 24.6 Å². The Labute approximate surface area is 206 Å². The summed E-state index contributed by atoms with van der Waals surface area (Å²) in [6.45, 7) is 1.69. The van der Waals surface area contributed by atoms with Crippen LogP contribution in [0.1, 0.15) is 21.5 Å². The number of rotatable bonds is 4. The number of pyridine rings is 1. The summed E-state index contributed by atoms with van der Waals surface area (Å²) in [6.07, 6.45) is -2.30. The van der Waals surface area contributed by atoms with Gasteiger partial charge in [0, 0.05) is 36.4 Å². The van der Waals surface area contributed by atoms with Crippen LogP contribution in [0.5, 0.6) is 0 Å². The van der Waals surface area contributed by atoms with Crippen molar-refractivity contribution in [3.8, 4) is 0 Å². The first kappa shape index (κ1) is 24.4. The number of aromatic nitrogens is 1. The van der Waals surface area contributed by atoms with Crippen LogP contribution in [-0.4, -0.2) is 51.5 Å². The van der Waals surface area contributed by atoms with Gasteiger partial charge in [-0.05, 0) is 41.6 Å². The van der Waals surface area contributed by atoms with Gasteiger partial charge < -0.3 is 4.90 Å². The number of anilines is 1. The van der Waals surface area contributed by atoms with E-state index in [4.69, 9.17) is 11.6 Å². The molecule has 2 amide bonds. The van der Waals surface area contributed by atoms with Gasteiger partial charge in [0.05, 0.1) is 15.5 Å². The standard InChI is InChI=1S/C21H17ClF3N5O2S2/c22-15-10-14(21(23,24)25)11-26-17(15)28-29-18(31)13-3-1-2-12(8-13)9-16-19(32)27-20(34-16)30-4-6-33-7-5-30/h1-3,8-11H,4-7H2,(H,26,28)(H,29,31). The van der Waals surface area contributed by atoms with Crippen LogP contribution < -0.4 is 10.9 Å². The summed E-state index contributed by atoms with van der Waals surface area (Å²) in [6, 6.07) is 7.24. The Kier molecular flexibility index (Phi) is 7.39. The van der Waals surface area contributed by atoms with E-state index < -0.39 is 17.6 Å². The number of thioether (sulfide) groups is 2.